The van der Waals surface area contributed by atoms with Crippen LogP contribution in [0.5, 0.6) is 0 Å². The Morgan fingerprint density at radius 3 is 2.79 bits per heavy atom. The fourth-order valence-corrected chi connectivity index (χ4v) is 1.78. The third-order valence-corrected chi connectivity index (χ3v) is 2.67. The van der Waals surface area contributed by atoms with Crippen molar-refractivity contribution in [3.63, 3.8) is 0 Å². The van der Waals surface area contributed by atoms with Crippen LogP contribution in [0.15, 0.2) is 11.1 Å². The van der Waals surface area contributed by atoms with Gasteiger partial charge in [-0.05, 0) is 45.6 Å². The molecule has 3 nitrogen and oxygen atoms in total. The van der Waals surface area contributed by atoms with Crippen LogP contribution in [-0.4, -0.2) is 18.0 Å². The number of amides is 1. The minimum atomic E-state index is 0.0626. The molecule has 0 spiro atoms. The number of hydrogen-bond donors (Lipinski definition) is 2. The number of carbonyl (C=O) groups is 1. The summed E-state index contributed by atoms with van der Waals surface area (Å²) in [6, 6.07) is 0.276. The van der Waals surface area contributed by atoms with Gasteiger partial charge in [0.2, 0.25) is 5.91 Å². The van der Waals surface area contributed by atoms with Crippen molar-refractivity contribution in [1.82, 2.24) is 5.32 Å². The Bertz CT molecular complexity index is 256. The van der Waals surface area contributed by atoms with Crippen molar-refractivity contribution in [3.8, 4) is 0 Å². The highest BCUT2D eigenvalue weighted by molar-refractivity contribution is 5.94. The van der Waals surface area contributed by atoms with E-state index in [-0.39, 0.29) is 18.0 Å². The Balaban J connectivity index is 2.75. The lowest BCUT2D eigenvalue weighted by molar-refractivity contribution is -0.118. The van der Waals surface area contributed by atoms with Crippen LogP contribution in [0.3, 0.4) is 0 Å². The fourth-order valence-electron chi connectivity index (χ4n) is 1.78. The van der Waals surface area contributed by atoms with Crippen LogP contribution in [0.25, 0.3) is 0 Å². The van der Waals surface area contributed by atoms with Gasteiger partial charge in [0.15, 0.2) is 0 Å². The van der Waals surface area contributed by atoms with Crippen LogP contribution < -0.4 is 11.1 Å². The van der Waals surface area contributed by atoms with E-state index in [1.54, 1.807) is 0 Å². The highest BCUT2D eigenvalue weighted by atomic mass is 16.1. The minimum absolute atomic E-state index is 0.0626. The number of hydrogen-bond acceptors (Lipinski definition) is 2. The molecule has 3 N–H and O–H groups in total. The molecule has 0 radical (unpaired) electrons. The van der Waals surface area contributed by atoms with E-state index in [1.165, 1.54) is 0 Å². The zero-order valence-electron chi connectivity index (χ0n) is 9.26. The molecule has 14 heavy (non-hydrogen) atoms. The molecule has 1 rings (SSSR count). The third-order valence-electron chi connectivity index (χ3n) is 2.67. The molecule has 1 amide bonds. The second-order valence-electron chi connectivity index (χ2n) is 4.29. The van der Waals surface area contributed by atoms with E-state index in [1.807, 2.05) is 20.8 Å². The SMILES string of the molecule is CC1=C(C(=O)NC(C)C)CCCC1N. The van der Waals surface area contributed by atoms with Crippen molar-refractivity contribution >= 4 is 5.91 Å². The quantitative estimate of drug-likeness (QED) is 0.700. The lowest BCUT2D eigenvalue weighted by Gasteiger charge is -2.23. The lowest BCUT2D eigenvalue weighted by atomic mass is 9.88. The maximum Gasteiger partial charge on any atom is 0.247 e. The minimum Gasteiger partial charge on any atom is -0.350 e. The summed E-state index contributed by atoms with van der Waals surface area (Å²) >= 11 is 0. The zero-order valence-corrected chi connectivity index (χ0v) is 9.26. The molecule has 0 saturated carbocycles. The van der Waals surface area contributed by atoms with Crippen molar-refractivity contribution in [2.24, 2.45) is 5.73 Å². The first-order valence-electron chi connectivity index (χ1n) is 5.28. The Kier molecular flexibility index (Phi) is 3.69. The van der Waals surface area contributed by atoms with E-state index in [2.05, 4.69) is 5.32 Å². The summed E-state index contributed by atoms with van der Waals surface area (Å²) in [6.07, 6.45) is 2.90. The molecule has 1 aliphatic carbocycles. The first-order chi connectivity index (χ1) is 6.52. The molecule has 0 aromatic carbocycles. The van der Waals surface area contributed by atoms with Crippen LogP contribution in [-0.2, 0) is 4.79 Å². The van der Waals surface area contributed by atoms with Gasteiger partial charge in [-0.2, -0.15) is 0 Å². The van der Waals surface area contributed by atoms with E-state index >= 15 is 0 Å². The molecule has 0 heterocycles. The van der Waals surface area contributed by atoms with E-state index < -0.39 is 0 Å². The van der Waals surface area contributed by atoms with Crippen LogP contribution in [0.1, 0.15) is 40.0 Å². The van der Waals surface area contributed by atoms with Gasteiger partial charge in [0.05, 0.1) is 0 Å². The van der Waals surface area contributed by atoms with E-state index in [9.17, 15) is 4.79 Å². The van der Waals surface area contributed by atoms with Crippen LogP contribution in [0.4, 0.5) is 0 Å². The summed E-state index contributed by atoms with van der Waals surface area (Å²) in [4.78, 5) is 11.7. The molecule has 3 heteroatoms. The monoisotopic (exact) mass is 196 g/mol. The van der Waals surface area contributed by atoms with E-state index in [4.69, 9.17) is 5.73 Å². The van der Waals surface area contributed by atoms with Crippen molar-refractivity contribution < 1.29 is 4.79 Å². The Morgan fingerprint density at radius 1 is 1.57 bits per heavy atom. The average Bonchev–Trinajstić information content (AvgIpc) is 2.08. The first-order valence-corrected chi connectivity index (χ1v) is 5.28. The normalized spacial score (nSPS) is 22.8. The summed E-state index contributed by atoms with van der Waals surface area (Å²) in [6.45, 7) is 5.91. The van der Waals surface area contributed by atoms with Crippen molar-refractivity contribution in [3.05, 3.63) is 11.1 Å². The zero-order chi connectivity index (χ0) is 10.7. The van der Waals surface area contributed by atoms with Gasteiger partial charge in [0.1, 0.15) is 0 Å². The third kappa shape index (κ3) is 2.58. The Labute approximate surface area is 85.7 Å². The van der Waals surface area contributed by atoms with Crippen molar-refractivity contribution in [1.29, 1.82) is 0 Å². The van der Waals surface area contributed by atoms with Gasteiger partial charge in [-0.1, -0.05) is 0 Å². The molecule has 0 aliphatic heterocycles. The number of nitrogens with two attached hydrogens (primary N) is 1. The van der Waals surface area contributed by atoms with E-state index in [0.717, 1.165) is 30.4 Å². The summed E-state index contributed by atoms with van der Waals surface area (Å²) in [5, 5.41) is 2.91. The van der Waals surface area contributed by atoms with Gasteiger partial charge in [-0.3, -0.25) is 4.79 Å². The Hall–Kier alpha value is -0.830. The molecule has 1 unspecified atom stereocenters. The molecule has 0 aromatic heterocycles. The van der Waals surface area contributed by atoms with Gasteiger partial charge < -0.3 is 11.1 Å². The number of rotatable bonds is 2. The second-order valence-corrected chi connectivity index (χ2v) is 4.29. The van der Waals surface area contributed by atoms with Crippen LogP contribution >= 0.6 is 0 Å². The van der Waals surface area contributed by atoms with Gasteiger partial charge in [-0.25, -0.2) is 0 Å². The molecule has 0 fully saturated rings. The van der Waals surface area contributed by atoms with Gasteiger partial charge in [0.25, 0.3) is 0 Å². The highest BCUT2D eigenvalue weighted by Gasteiger charge is 2.21. The summed E-state index contributed by atoms with van der Waals surface area (Å²) in [5.41, 5.74) is 7.86. The predicted molar refractivity (Wildman–Crippen MR) is 57.8 cm³/mol. The molecule has 0 aromatic rings. The molecule has 1 atom stereocenters. The molecule has 80 valence electrons. The fraction of sp³-hybridized carbons (Fsp3) is 0.727. The smallest absolute Gasteiger partial charge is 0.247 e. The largest absolute Gasteiger partial charge is 0.350 e. The molecule has 1 aliphatic rings. The van der Waals surface area contributed by atoms with Crippen molar-refractivity contribution in [2.45, 2.75) is 52.1 Å². The number of carbonyl (C=O) groups excluding carboxylic acids is 1. The summed E-state index contributed by atoms with van der Waals surface area (Å²) in [5.74, 6) is 0.0626. The maximum absolute atomic E-state index is 11.7. The van der Waals surface area contributed by atoms with E-state index in [0.29, 0.717) is 0 Å². The maximum atomic E-state index is 11.7. The first kappa shape index (κ1) is 11.2. The molecule has 0 bridgehead atoms. The van der Waals surface area contributed by atoms with Crippen LogP contribution in [0.2, 0.25) is 0 Å². The van der Waals surface area contributed by atoms with Crippen LogP contribution in [0, 0.1) is 0 Å². The summed E-state index contributed by atoms with van der Waals surface area (Å²) in [7, 11) is 0. The standard InChI is InChI=1S/C11H20N2O/c1-7(2)13-11(14)9-5-4-6-10(12)8(9)3/h7,10H,4-6,12H2,1-3H3,(H,13,14). The molecular weight excluding hydrogens is 176 g/mol. The van der Waals surface area contributed by atoms with Gasteiger partial charge in [-0.15, -0.1) is 0 Å². The topological polar surface area (TPSA) is 55.1 Å². The average molecular weight is 196 g/mol. The van der Waals surface area contributed by atoms with Gasteiger partial charge in [0, 0.05) is 17.7 Å². The second kappa shape index (κ2) is 4.60. The summed E-state index contributed by atoms with van der Waals surface area (Å²) < 4.78 is 0. The lowest BCUT2D eigenvalue weighted by Crippen LogP contribution is -2.35. The number of nitrogens with one attached hydrogen (secondary N) is 1. The van der Waals surface area contributed by atoms with Crippen molar-refractivity contribution in [2.75, 3.05) is 0 Å². The predicted octanol–water partition coefficient (Wildman–Crippen LogP) is 1.34. The Morgan fingerprint density at radius 2 is 2.21 bits per heavy atom. The molecule has 0 saturated heterocycles. The van der Waals surface area contributed by atoms with Gasteiger partial charge >= 0.3 is 0 Å². The highest BCUT2D eigenvalue weighted by Crippen LogP contribution is 2.23. The molecular formula is C11H20N2O.